The third-order valence-corrected chi connectivity index (χ3v) is 5.10. The van der Waals surface area contributed by atoms with Gasteiger partial charge in [-0.2, -0.15) is 0 Å². The van der Waals surface area contributed by atoms with Gasteiger partial charge in [0, 0.05) is 44.3 Å². The van der Waals surface area contributed by atoms with Gasteiger partial charge in [0.25, 0.3) is 0 Å². The van der Waals surface area contributed by atoms with Gasteiger partial charge in [0.2, 0.25) is 0 Å². The molecule has 1 aliphatic carbocycles. The molecule has 0 bridgehead atoms. The molecule has 1 aromatic rings. The zero-order chi connectivity index (χ0) is 13.4. The van der Waals surface area contributed by atoms with E-state index in [0.29, 0.717) is 6.04 Å². The predicted octanol–water partition coefficient (Wildman–Crippen LogP) is 1.53. The van der Waals surface area contributed by atoms with Crippen LogP contribution in [-0.4, -0.2) is 42.7 Å². The minimum Gasteiger partial charge on any atom is -0.311 e. The number of hydrogen-bond acceptors (Lipinski definition) is 3. The van der Waals surface area contributed by atoms with Gasteiger partial charge < -0.3 is 10.6 Å². The van der Waals surface area contributed by atoms with E-state index < -0.39 is 0 Å². The molecule has 3 nitrogen and oxygen atoms in total. The Hall–Kier alpha value is -0.900. The van der Waals surface area contributed by atoms with Gasteiger partial charge in [0.15, 0.2) is 0 Å². The fourth-order valence-electron chi connectivity index (χ4n) is 3.70. The minimum absolute atomic E-state index is 0.597. The van der Waals surface area contributed by atoms with Crippen LogP contribution in [-0.2, 0) is 13.0 Å². The molecular formula is C17H25N3. The number of hydrogen-bond donors (Lipinski definition) is 2. The van der Waals surface area contributed by atoms with Gasteiger partial charge in [0.05, 0.1) is 0 Å². The normalized spacial score (nSPS) is 30.4. The van der Waals surface area contributed by atoms with Crippen molar-refractivity contribution in [3.63, 3.8) is 0 Å². The van der Waals surface area contributed by atoms with Gasteiger partial charge in [0.1, 0.15) is 0 Å². The number of nitrogens with zero attached hydrogens (tertiary/aromatic N) is 1. The lowest BCUT2D eigenvalue weighted by Crippen LogP contribution is -2.46. The van der Waals surface area contributed by atoms with Gasteiger partial charge in [-0.05, 0) is 36.8 Å². The third kappa shape index (κ3) is 2.76. The highest BCUT2D eigenvalue weighted by atomic mass is 15.2. The second-order valence-corrected chi connectivity index (χ2v) is 6.67. The first-order valence-corrected chi connectivity index (χ1v) is 8.16. The van der Waals surface area contributed by atoms with E-state index in [1.54, 1.807) is 0 Å². The molecule has 1 saturated carbocycles. The van der Waals surface area contributed by atoms with Crippen molar-refractivity contribution in [2.45, 2.75) is 50.4 Å². The van der Waals surface area contributed by atoms with Crippen LogP contribution in [0.25, 0.3) is 0 Å². The van der Waals surface area contributed by atoms with Crippen LogP contribution >= 0.6 is 0 Å². The van der Waals surface area contributed by atoms with Gasteiger partial charge in [-0.3, -0.25) is 4.90 Å². The van der Waals surface area contributed by atoms with Crippen molar-refractivity contribution < 1.29 is 0 Å². The molecule has 3 heteroatoms. The van der Waals surface area contributed by atoms with Gasteiger partial charge in [-0.1, -0.05) is 24.3 Å². The average molecular weight is 271 g/mol. The highest BCUT2D eigenvalue weighted by Gasteiger charge is 2.34. The first-order chi connectivity index (χ1) is 9.88. The van der Waals surface area contributed by atoms with Gasteiger partial charge >= 0.3 is 0 Å². The fraction of sp³-hybridized carbons (Fsp3) is 0.647. The molecule has 0 spiro atoms. The molecule has 2 atom stereocenters. The summed E-state index contributed by atoms with van der Waals surface area (Å²) in [7, 11) is 0. The third-order valence-electron chi connectivity index (χ3n) is 5.10. The molecule has 0 radical (unpaired) electrons. The Labute approximate surface area is 121 Å². The summed E-state index contributed by atoms with van der Waals surface area (Å²) >= 11 is 0. The van der Waals surface area contributed by atoms with Crippen molar-refractivity contribution in [2.75, 3.05) is 19.6 Å². The molecule has 20 heavy (non-hydrogen) atoms. The molecule has 4 rings (SSSR count). The lowest BCUT2D eigenvalue weighted by molar-refractivity contribution is 0.314. The predicted molar refractivity (Wildman–Crippen MR) is 81.8 cm³/mol. The minimum atomic E-state index is 0.597. The Kier molecular flexibility index (Phi) is 3.51. The van der Waals surface area contributed by atoms with Crippen LogP contribution in [0.4, 0.5) is 0 Å². The summed E-state index contributed by atoms with van der Waals surface area (Å²) in [5.41, 5.74) is 3.01. The van der Waals surface area contributed by atoms with Crippen LogP contribution in [0.15, 0.2) is 24.3 Å². The van der Waals surface area contributed by atoms with Crippen molar-refractivity contribution in [3.8, 4) is 0 Å². The first kappa shape index (κ1) is 12.8. The lowest BCUT2D eigenvalue weighted by atomic mass is 9.96. The molecular weight excluding hydrogens is 246 g/mol. The number of benzene rings is 1. The second-order valence-electron chi connectivity index (χ2n) is 6.67. The molecule has 108 valence electrons. The standard InChI is InChI=1S/C17H25N3/c1-2-4-14-10-18-16(9-13(14)3-1)11-19-15-7-8-20(12-15)17-5-6-17/h1-4,15-19H,5-12H2. The summed E-state index contributed by atoms with van der Waals surface area (Å²) in [6, 6.07) is 11.1. The Morgan fingerprint density at radius 3 is 2.85 bits per heavy atom. The second kappa shape index (κ2) is 5.47. The molecule has 3 aliphatic rings. The Morgan fingerprint density at radius 2 is 2.00 bits per heavy atom. The van der Waals surface area contributed by atoms with Gasteiger partial charge in [-0.15, -0.1) is 0 Å². The monoisotopic (exact) mass is 271 g/mol. The Morgan fingerprint density at radius 1 is 1.15 bits per heavy atom. The van der Waals surface area contributed by atoms with Crippen molar-refractivity contribution in [3.05, 3.63) is 35.4 Å². The van der Waals surface area contributed by atoms with Crippen molar-refractivity contribution >= 4 is 0 Å². The number of likely N-dealkylation sites (tertiary alicyclic amines) is 1. The first-order valence-electron chi connectivity index (χ1n) is 8.16. The Balaban J connectivity index is 1.26. The maximum absolute atomic E-state index is 3.79. The molecule has 2 N–H and O–H groups in total. The largest absolute Gasteiger partial charge is 0.311 e. The molecule has 2 heterocycles. The average Bonchev–Trinajstić information content (AvgIpc) is 3.24. The lowest BCUT2D eigenvalue weighted by Gasteiger charge is -2.27. The van der Waals surface area contributed by atoms with Crippen molar-refractivity contribution in [1.29, 1.82) is 0 Å². The van der Waals surface area contributed by atoms with Crippen molar-refractivity contribution in [2.24, 2.45) is 0 Å². The highest BCUT2D eigenvalue weighted by Crippen LogP contribution is 2.29. The van der Waals surface area contributed by atoms with E-state index in [-0.39, 0.29) is 0 Å². The highest BCUT2D eigenvalue weighted by molar-refractivity contribution is 5.29. The van der Waals surface area contributed by atoms with E-state index in [1.165, 1.54) is 49.9 Å². The summed E-state index contributed by atoms with van der Waals surface area (Å²) < 4.78 is 0. The number of fused-ring (bicyclic) bond motifs is 1. The molecule has 2 fully saturated rings. The quantitative estimate of drug-likeness (QED) is 0.869. The summed E-state index contributed by atoms with van der Waals surface area (Å²) in [5.74, 6) is 0. The fourth-order valence-corrected chi connectivity index (χ4v) is 3.70. The summed E-state index contributed by atoms with van der Waals surface area (Å²) in [6.45, 7) is 4.72. The van der Waals surface area contributed by atoms with Crippen LogP contribution in [0, 0.1) is 0 Å². The smallest absolute Gasteiger partial charge is 0.0236 e. The van der Waals surface area contributed by atoms with E-state index >= 15 is 0 Å². The molecule has 2 aliphatic heterocycles. The summed E-state index contributed by atoms with van der Waals surface area (Å²) in [6.07, 6.45) is 5.38. The van der Waals surface area contributed by atoms with Crippen LogP contribution in [0.3, 0.4) is 0 Å². The van der Waals surface area contributed by atoms with E-state index in [9.17, 15) is 0 Å². The zero-order valence-electron chi connectivity index (χ0n) is 12.1. The molecule has 0 amide bonds. The van der Waals surface area contributed by atoms with E-state index in [2.05, 4.69) is 39.8 Å². The summed E-state index contributed by atoms with van der Waals surface area (Å²) in [4.78, 5) is 2.68. The molecule has 1 aromatic carbocycles. The van der Waals surface area contributed by atoms with Crippen molar-refractivity contribution in [1.82, 2.24) is 15.5 Å². The topological polar surface area (TPSA) is 27.3 Å². The molecule has 1 saturated heterocycles. The van der Waals surface area contributed by atoms with E-state index in [0.717, 1.165) is 25.2 Å². The molecule has 2 unspecified atom stereocenters. The molecule has 0 aromatic heterocycles. The van der Waals surface area contributed by atoms with Gasteiger partial charge in [-0.25, -0.2) is 0 Å². The van der Waals surface area contributed by atoms with Crippen LogP contribution in [0.5, 0.6) is 0 Å². The summed E-state index contributed by atoms with van der Waals surface area (Å²) in [5, 5.41) is 7.46. The van der Waals surface area contributed by atoms with E-state index in [1.807, 2.05) is 0 Å². The Bertz CT molecular complexity index is 469. The number of rotatable bonds is 4. The van der Waals surface area contributed by atoms with Crippen LogP contribution in [0.2, 0.25) is 0 Å². The maximum atomic E-state index is 3.79. The van der Waals surface area contributed by atoms with Crippen LogP contribution in [0.1, 0.15) is 30.4 Å². The van der Waals surface area contributed by atoms with E-state index in [4.69, 9.17) is 0 Å². The number of nitrogens with one attached hydrogen (secondary N) is 2. The SMILES string of the molecule is c1ccc2c(c1)CNC(CNC1CCN(C3CC3)C1)C2. The van der Waals surface area contributed by atoms with Crippen LogP contribution < -0.4 is 10.6 Å². The zero-order valence-corrected chi connectivity index (χ0v) is 12.1. The maximum Gasteiger partial charge on any atom is 0.0236 e.